The first-order chi connectivity index (χ1) is 9.83. The van der Waals surface area contributed by atoms with Crippen molar-refractivity contribution in [3.8, 4) is 0 Å². The number of rotatable bonds is 3. The van der Waals surface area contributed by atoms with Gasteiger partial charge in [0.1, 0.15) is 0 Å². The second-order valence-electron chi connectivity index (χ2n) is 6.66. The largest absolute Gasteiger partial charge is 0.378 e. The Labute approximate surface area is 122 Å². The Kier molecular flexibility index (Phi) is 4.94. The van der Waals surface area contributed by atoms with Gasteiger partial charge in [0.05, 0.1) is 6.10 Å². The Morgan fingerprint density at radius 3 is 2.50 bits per heavy atom. The highest BCUT2D eigenvalue weighted by Gasteiger charge is 2.31. The highest BCUT2D eigenvalue weighted by Crippen LogP contribution is 2.27. The molecule has 0 aromatic heterocycles. The maximum Gasteiger partial charge on any atom is 0.222 e. The van der Waals surface area contributed by atoms with Crippen molar-refractivity contribution in [3.63, 3.8) is 0 Å². The Morgan fingerprint density at radius 1 is 1.10 bits per heavy atom. The molecule has 20 heavy (non-hydrogen) atoms. The maximum atomic E-state index is 12.4. The van der Waals surface area contributed by atoms with Crippen LogP contribution in [0.5, 0.6) is 0 Å². The van der Waals surface area contributed by atoms with Crippen molar-refractivity contribution in [3.05, 3.63) is 0 Å². The van der Waals surface area contributed by atoms with E-state index in [1.165, 1.54) is 25.7 Å². The van der Waals surface area contributed by atoms with Gasteiger partial charge in [0.15, 0.2) is 0 Å². The predicted octanol–water partition coefficient (Wildman–Crippen LogP) is 1.79. The summed E-state index contributed by atoms with van der Waals surface area (Å²) in [4.78, 5) is 14.5. The Bertz CT molecular complexity index is 314. The second-order valence-corrected chi connectivity index (χ2v) is 6.66. The van der Waals surface area contributed by atoms with Crippen molar-refractivity contribution >= 4 is 5.91 Å². The average Bonchev–Trinajstić information content (AvgIpc) is 2.84. The van der Waals surface area contributed by atoms with Gasteiger partial charge in [0, 0.05) is 26.1 Å². The highest BCUT2D eigenvalue weighted by atomic mass is 16.5. The van der Waals surface area contributed by atoms with Crippen LogP contribution in [0.1, 0.15) is 44.9 Å². The number of nitrogens with zero attached hydrogens (tertiary/aromatic N) is 1. The zero-order valence-corrected chi connectivity index (χ0v) is 12.5. The number of carbonyl (C=O) groups excluding carboxylic acids is 1. The molecule has 3 heterocycles. The van der Waals surface area contributed by atoms with Gasteiger partial charge < -0.3 is 15.0 Å². The third-order valence-corrected chi connectivity index (χ3v) is 5.33. The lowest BCUT2D eigenvalue weighted by Crippen LogP contribution is -2.33. The number of likely N-dealkylation sites (tertiary alicyclic amines) is 1. The minimum absolute atomic E-state index is 0.336. The van der Waals surface area contributed by atoms with Gasteiger partial charge in [-0.05, 0) is 63.5 Å². The van der Waals surface area contributed by atoms with Crippen LogP contribution in [0.15, 0.2) is 0 Å². The predicted molar refractivity (Wildman–Crippen MR) is 78.5 cm³/mol. The van der Waals surface area contributed by atoms with Crippen molar-refractivity contribution in [1.29, 1.82) is 0 Å². The number of ether oxygens (including phenoxy) is 1. The fraction of sp³-hybridized carbons (Fsp3) is 0.938. The summed E-state index contributed by atoms with van der Waals surface area (Å²) in [6, 6.07) is 0. The van der Waals surface area contributed by atoms with Gasteiger partial charge in [-0.1, -0.05) is 0 Å². The van der Waals surface area contributed by atoms with E-state index >= 15 is 0 Å². The molecule has 0 aromatic rings. The van der Waals surface area contributed by atoms with Gasteiger partial charge in [-0.3, -0.25) is 4.79 Å². The molecular weight excluding hydrogens is 252 g/mol. The molecule has 1 unspecified atom stereocenters. The van der Waals surface area contributed by atoms with E-state index in [9.17, 15) is 4.79 Å². The number of amides is 1. The fourth-order valence-electron chi connectivity index (χ4n) is 3.95. The van der Waals surface area contributed by atoms with E-state index in [2.05, 4.69) is 10.2 Å². The standard InChI is InChI=1S/C16H28N2O2/c19-16(5-4-15-3-1-2-10-20-15)18-8-6-13-11-17-12-14(13)7-9-18/h13-15,17H,1-12H2/t13-,14+,15?. The molecule has 0 spiro atoms. The van der Waals surface area contributed by atoms with Crippen LogP contribution < -0.4 is 5.32 Å². The summed E-state index contributed by atoms with van der Waals surface area (Å²) in [7, 11) is 0. The lowest BCUT2D eigenvalue weighted by atomic mass is 9.92. The summed E-state index contributed by atoms with van der Waals surface area (Å²) in [6.45, 7) is 5.13. The first-order valence-electron chi connectivity index (χ1n) is 8.43. The van der Waals surface area contributed by atoms with Crippen molar-refractivity contribution < 1.29 is 9.53 Å². The maximum absolute atomic E-state index is 12.4. The van der Waals surface area contributed by atoms with Gasteiger partial charge in [0.2, 0.25) is 5.91 Å². The first kappa shape index (κ1) is 14.3. The normalized spacial score (nSPS) is 34.6. The number of hydrogen-bond acceptors (Lipinski definition) is 3. The van der Waals surface area contributed by atoms with Crippen molar-refractivity contribution in [1.82, 2.24) is 10.2 Å². The van der Waals surface area contributed by atoms with Crippen LogP contribution in [0, 0.1) is 11.8 Å². The molecule has 0 aromatic carbocycles. The smallest absolute Gasteiger partial charge is 0.222 e. The molecule has 3 aliphatic heterocycles. The third-order valence-electron chi connectivity index (χ3n) is 5.33. The molecule has 0 bridgehead atoms. The summed E-state index contributed by atoms with van der Waals surface area (Å²) in [6.07, 6.45) is 7.90. The molecule has 0 radical (unpaired) electrons. The summed E-state index contributed by atoms with van der Waals surface area (Å²) in [5.41, 5.74) is 0. The molecule has 1 amide bonds. The molecule has 1 N–H and O–H groups in total. The lowest BCUT2D eigenvalue weighted by molar-refractivity contribution is -0.132. The van der Waals surface area contributed by atoms with Crippen LogP contribution in [0.3, 0.4) is 0 Å². The first-order valence-corrected chi connectivity index (χ1v) is 8.43. The monoisotopic (exact) mass is 280 g/mol. The molecule has 3 fully saturated rings. The summed E-state index contributed by atoms with van der Waals surface area (Å²) in [5, 5.41) is 3.48. The van der Waals surface area contributed by atoms with Crippen molar-refractivity contribution in [2.45, 2.75) is 51.0 Å². The van der Waals surface area contributed by atoms with E-state index < -0.39 is 0 Å². The molecular formula is C16H28N2O2. The Balaban J connectivity index is 1.42. The summed E-state index contributed by atoms with van der Waals surface area (Å²) in [5.74, 6) is 1.95. The third kappa shape index (κ3) is 3.53. The topological polar surface area (TPSA) is 41.6 Å². The zero-order chi connectivity index (χ0) is 13.8. The van der Waals surface area contributed by atoms with Crippen molar-refractivity contribution in [2.24, 2.45) is 11.8 Å². The van der Waals surface area contributed by atoms with Crippen LogP contribution in [0.4, 0.5) is 0 Å². The van der Waals surface area contributed by atoms with Gasteiger partial charge in [0.25, 0.3) is 0 Å². The molecule has 3 aliphatic rings. The van der Waals surface area contributed by atoms with Gasteiger partial charge in [-0.2, -0.15) is 0 Å². The van der Waals surface area contributed by atoms with E-state index in [0.717, 1.165) is 57.5 Å². The van der Waals surface area contributed by atoms with E-state index in [1.54, 1.807) is 0 Å². The summed E-state index contributed by atoms with van der Waals surface area (Å²) < 4.78 is 5.72. The van der Waals surface area contributed by atoms with E-state index in [-0.39, 0.29) is 0 Å². The molecule has 4 heteroatoms. The SMILES string of the molecule is O=C(CCC1CCCCO1)N1CC[C@@H]2CNC[C@@H]2CC1. The zero-order valence-electron chi connectivity index (χ0n) is 12.5. The molecule has 0 saturated carbocycles. The molecule has 114 valence electrons. The van der Waals surface area contributed by atoms with Crippen LogP contribution in [-0.4, -0.2) is 49.7 Å². The Morgan fingerprint density at radius 2 is 1.85 bits per heavy atom. The van der Waals surface area contributed by atoms with Gasteiger partial charge in [-0.15, -0.1) is 0 Å². The lowest BCUT2D eigenvalue weighted by Gasteiger charge is -2.25. The number of carbonyl (C=O) groups is 1. The summed E-state index contributed by atoms with van der Waals surface area (Å²) >= 11 is 0. The quantitative estimate of drug-likeness (QED) is 0.857. The second kappa shape index (κ2) is 6.90. The highest BCUT2D eigenvalue weighted by molar-refractivity contribution is 5.76. The van der Waals surface area contributed by atoms with Gasteiger partial charge >= 0.3 is 0 Å². The van der Waals surface area contributed by atoms with E-state index in [0.29, 0.717) is 18.4 Å². The van der Waals surface area contributed by atoms with Crippen LogP contribution >= 0.6 is 0 Å². The van der Waals surface area contributed by atoms with E-state index in [4.69, 9.17) is 4.74 Å². The minimum Gasteiger partial charge on any atom is -0.378 e. The minimum atomic E-state index is 0.336. The van der Waals surface area contributed by atoms with E-state index in [1.807, 2.05) is 0 Å². The Hall–Kier alpha value is -0.610. The number of hydrogen-bond donors (Lipinski definition) is 1. The molecule has 3 saturated heterocycles. The fourth-order valence-corrected chi connectivity index (χ4v) is 3.95. The van der Waals surface area contributed by atoms with Crippen LogP contribution in [0.25, 0.3) is 0 Å². The van der Waals surface area contributed by atoms with Crippen molar-refractivity contribution in [2.75, 3.05) is 32.8 Å². The average molecular weight is 280 g/mol. The number of nitrogens with one attached hydrogen (secondary N) is 1. The molecule has 3 atom stereocenters. The molecule has 4 nitrogen and oxygen atoms in total. The molecule has 3 rings (SSSR count). The van der Waals surface area contributed by atoms with Crippen LogP contribution in [-0.2, 0) is 9.53 Å². The molecule has 0 aliphatic carbocycles. The van der Waals surface area contributed by atoms with Crippen LogP contribution in [0.2, 0.25) is 0 Å². The van der Waals surface area contributed by atoms with Gasteiger partial charge in [-0.25, -0.2) is 0 Å². The number of fused-ring (bicyclic) bond motifs is 1.